The Morgan fingerprint density at radius 3 is 2.52 bits per heavy atom. The van der Waals surface area contributed by atoms with Gasteiger partial charge in [-0.2, -0.15) is 4.31 Å². The summed E-state index contributed by atoms with van der Waals surface area (Å²) in [7, 11) is -3.49. The SMILES string of the molecule is O=C(OCCCc1cccnc1)C1CCN(S(=O)(=O)c2ccccc2)CC1. The Morgan fingerprint density at radius 1 is 1.11 bits per heavy atom. The van der Waals surface area contributed by atoms with Crippen molar-refractivity contribution in [1.29, 1.82) is 0 Å². The molecule has 1 aliphatic rings. The summed E-state index contributed by atoms with van der Waals surface area (Å²) in [5.74, 6) is -0.455. The maximum Gasteiger partial charge on any atom is 0.309 e. The Kier molecular flexibility index (Phi) is 6.58. The van der Waals surface area contributed by atoms with Gasteiger partial charge < -0.3 is 4.74 Å². The van der Waals surface area contributed by atoms with E-state index >= 15 is 0 Å². The first kappa shape index (κ1) is 19.5. The zero-order chi connectivity index (χ0) is 19.1. The second-order valence-corrected chi connectivity index (χ2v) is 8.56. The van der Waals surface area contributed by atoms with Crippen LogP contribution in [0.2, 0.25) is 0 Å². The number of esters is 1. The minimum atomic E-state index is -3.49. The third-order valence-electron chi connectivity index (χ3n) is 4.75. The molecule has 6 nitrogen and oxygen atoms in total. The van der Waals surface area contributed by atoms with Gasteiger partial charge in [-0.1, -0.05) is 24.3 Å². The number of aromatic nitrogens is 1. The van der Waals surface area contributed by atoms with E-state index in [0.29, 0.717) is 37.4 Å². The molecule has 0 amide bonds. The fraction of sp³-hybridized carbons (Fsp3) is 0.400. The van der Waals surface area contributed by atoms with Gasteiger partial charge in [-0.15, -0.1) is 0 Å². The zero-order valence-corrected chi connectivity index (χ0v) is 16.0. The van der Waals surface area contributed by atoms with Crippen molar-refractivity contribution >= 4 is 16.0 Å². The lowest BCUT2D eigenvalue weighted by Crippen LogP contribution is -2.40. The molecule has 7 heteroatoms. The molecule has 144 valence electrons. The molecule has 1 saturated heterocycles. The fourth-order valence-electron chi connectivity index (χ4n) is 3.19. The lowest BCUT2D eigenvalue weighted by atomic mass is 9.98. The van der Waals surface area contributed by atoms with E-state index in [1.807, 2.05) is 18.3 Å². The van der Waals surface area contributed by atoms with E-state index in [-0.39, 0.29) is 11.9 Å². The molecule has 1 aromatic carbocycles. The second-order valence-electron chi connectivity index (χ2n) is 6.62. The lowest BCUT2D eigenvalue weighted by molar-refractivity contribution is -0.149. The molecule has 0 unspecified atom stereocenters. The number of nitrogens with zero attached hydrogens (tertiary/aromatic N) is 2. The van der Waals surface area contributed by atoms with Gasteiger partial charge in [0.05, 0.1) is 17.4 Å². The van der Waals surface area contributed by atoms with Crippen molar-refractivity contribution in [1.82, 2.24) is 9.29 Å². The Balaban J connectivity index is 1.43. The number of rotatable bonds is 7. The van der Waals surface area contributed by atoms with Crippen LogP contribution < -0.4 is 0 Å². The summed E-state index contributed by atoms with van der Waals surface area (Å²) in [4.78, 5) is 16.6. The van der Waals surface area contributed by atoms with Gasteiger partial charge in [0.25, 0.3) is 0 Å². The topological polar surface area (TPSA) is 76.6 Å². The Labute approximate surface area is 160 Å². The van der Waals surface area contributed by atoms with Crippen LogP contribution in [0.3, 0.4) is 0 Å². The summed E-state index contributed by atoms with van der Waals surface area (Å²) in [5, 5.41) is 0. The molecule has 0 aliphatic carbocycles. The number of hydrogen-bond acceptors (Lipinski definition) is 5. The number of hydrogen-bond donors (Lipinski definition) is 0. The monoisotopic (exact) mass is 388 g/mol. The molecule has 0 N–H and O–H groups in total. The second kappa shape index (κ2) is 9.10. The molecule has 0 atom stereocenters. The molecule has 2 aromatic rings. The average molecular weight is 388 g/mol. The van der Waals surface area contributed by atoms with Crippen LogP contribution in [0.4, 0.5) is 0 Å². The Morgan fingerprint density at radius 2 is 1.85 bits per heavy atom. The van der Waals surface area contributed by atoms with E-state index in [0.717, 1.165) is 18.4 Å². The number of carbonyl (C=O) groups excluding carboxylic acids is 1. The van der Waals surface area contributed by atoms with Crippen LogP contribution in [0.25, 0.3) is 0 Å². The molecular weight excluding hydrogens is 364 g/mol. The third kappa shape index (κ3) is 5.14. The minimum absolute atomic E-state index is 0.224. The number of sulfonamides is 1. The smallest absolute Gasteiger partial charge is 0.309 e. The fourth-order valence-corrected chi connectivity index (χ4v) is 4.68. The molecular formula is C20H24N2O4S. The van der Waals surface area contributed by atoms with Crippen LogP contribution in [0.1, 0.15) is 24.8 Å². The van der Waals surface area contributed by atoms with Crippen molar-refractivity contribution in [3.8, 4) is 0 Å². The molecule has 0 radical (unpaired) electrons. The van der Waals surface area contributed by atoms with Crippen molar-refractivity contribution in [2.75, 3.05) is 19.7 Å². The van der Waals surface area contributed by atoms with Crippen LogP contribution in [0, 0.1) is 5.92 Å². The summed E-state index contributed by atoms with van der Waals surface area (Å²) in [5.41, 5.74) is 1.12. The van der Waals surface area contributed by atoms with Crippen molar-refractivity contribution in [2.24, 2.45) is 5.92 Å². The maximum atomic E-state index is 12.6. The van der Waals surface area contributed by atoms with Gasteiger partial charge in [-0.3, -0.25) is 9.78 Å². The molecule has 0 spiro atoms. The van der Waals surface area contributed by atoms with Crippen LogP contribution in [0.5, 0.6) is 0 Å². The lowest BCUT2D eigenvalue weighted by Gasteiger charge is -2.30. The van der Waals surface area contributed by atoms with E-state index in [1.54, 1.807) is 36.5 Å². The van der Waals surface area contributed by atoms with E-state index in [1.165, 1.54) is 4.31 Å². The standard InChI is InChI=1S/C20H24N2O4S/c23-20(26-15-5-7-17-6-4-12-21-16-17)18-10-13-22(14-11-18)27(24,25)19-8-2-1-3-9-19/h1-4,6,8-9,12,16,18H,5,7,10-11,13-15H2. The van der Waals surface area contributed by atoms with E-state index in [9.17, 15) is 13.2 Å². The molecule has 1 fully saturated rings. The summed E-state index contributed by atoms with van der Waals surface area (Å²) in [6.07, 6.45) is 6.09. The van der Waals surface area contributed by atoms with Crippen molar-refractivity contribution in [2.45, 2.75) is 30.6 Å². The van der Waals surface area contributed by atoms with Gasteiger partial charge in [0.15, 0.2) is 0 Å². The Hall–Kier alpha value is -2.25. The molecule has 27 heavy (non-hydrogen) atoms. The van der Waals surface area contributed by atoms with Gasteiger partial charge in [0.2, 0.25) is 10.0 Å². The van der Waals surface area contributed by atoms with Crippen molar-refractivity contribution in [3.05, 3.63) is 60.4 Å². The largest absolute Gasteiger partial charge is 0.465 e. The number of aryl methyl sites for hydroxylation is 1. The molecule has 1 aromatic heterocycles. The molecule has 0 bridgehead atoms. The number of benzene rings is 1. The average Bonchev–Trinajstić information content (AvgIpc) is 2.72. The number of pyridine rings is 1. The van der Waals surface area contributed by atoms with Crippen LogP contribution >= 0.6 is 0 Å². The highest BCUT2D eigenvalue weighted by Gasteiger charge is 2.32. The predicted octanol–water partition coefficient (Wildman–Crippen LogP) is 2.66. The molecule has 0 saturated carbocycles. The van der Waals surface area contributed by atoms with Gasteiger partial charge >= 0.3 is 5.97 Å². The van der Waals surface area contributed by atoms with Gasteiger partial charge in [-0.05, 0) is 49.4 Å². The highest BCUT2D eigenvalue weighted by Crippen LogP contribution is 2.24. The minimum Gasteiger partial charge on any atom is -0.465 e. The van der Waals surface area contributed by atoms with Crippen molar-refractivity contribution < 1.29 is 17.9 Å². The Bertz CT molecular complexity index is 833. The number of ether oxygens (including phenoxy) is 1. The number of carbonyl (C=O) groups is 1. The summed E-state index contributed by atoms with van der Waals surface area (Å²) < 4.78 is 32.1. The summed E-state index contributed by atoms with van der Waals surface area (Å²) in [6.45, 7) is 1.05. The van der Waals surface area contributed by atoms with E-state index in [4.69, 9.17) is 4.74 Å². The van der Waals surface area contributed by atoms with E-state index in [2.05, 4.69) is 4.98 Å². The zero-order valence-electron chi connectivity index (χ0n) is 15.2. The van der Waals surface area contributed by atoms with E-state index < -0.39 is 10.0 Å². The first-order valence-corrected chi connectivity index (χ1v) is 10.6. The molecule has 3 rings (SSSR count). The predicted molar refractivity (Wildman–Crippen MR) is 101 cm³/mol. The van der Waals surface area contributed by atoms with Crippen LogP contribution in [-0.2, 0) is 26.0 Å². The number of piperidine rings is 1. The first-order valence-electron chi connectivity index (χ1n) is 9.18. The van der Waals surface area contributed by atoms with Crippen molar-refractivity contribution in [3.63, 3.8) is 0 Å². The van der Waals surface area contributed by atoms with Gasteiger partial charge in [0.1, 0.15) is 0 Å². The van der Waals surface area contributed by atoms with Gasteiger partial charge in [-0.25, -0.2) is 8.42 Å². The summed E-state index contributed by atoms with van der Waals surface area (Å²) >= 11 is 0. The van der Waals surface area contributed by atoms with Crippen LogP contribution in [-0.4, -0.2) is 43.4 Å². The summed E-state index contributed by atoms with van der Waals surface area (Å²) in [6, 6.07) is 12.3. The molecule has 2 heterocycles. The highest BCUT2D eigenvalue weighted by molar-refractivity contribution is 7.89. The van der Waals surface area contributed by atoms with Crippen LogP contribution in [0.15, 0.2) is 59.8 Å². The first-order chi connectivity index (χ1) is 13.1. The molecule has 1 aliphatic heterocycles. The third-order valence-corrected chi connectivity index (χ3v) is 6.66. The van der Waals surface area contributed by atoms with Gasteiger partial charge in [0, 0.05) is 25.5 Å². The normalized spacial score (nSPS) is 16.1. The highest BCUT2D eigenvalue weighted by atomic mass is 32.2. The maximum absolute atomic E-state index is 12.6. The quantitative estimate of drug-likeness (QED) is 0.538.